The van der Waals surface area contributed by atoms with Gasteiger partial charge in [-0.1, -0.05) is 170 Å². The van der Waals surface area contributed by atoms with Crippen molar-refractivity contribution in [2.24, 2.45) is 0 Å². The lowest BCUT2D eigenvalue weighted by atomic mass is 9.93. The number of nitrogens with zero attached hydrogens (tertiary/aromatic N) is 1. The Morgan fingerprint density at radius 1 is 0.267 bits per heavy atom. The van der Waals surface area contributed by atoms with Gasteiger partial charge < -0.3 is 4.90 Å². The Kier molecular flexibility index (Phi) is 8.11. The van der Waals surface area contributed by atoms with Crippen molar-refractivity contribution in [3.05, 3.63) is 224 Å². The molecule has 0 saturated carbocycles. The van der Waals surface area contributed by atoms with Crippen molar-refractivity contribution in [3.8, 4) is 33.4 Å². The van der Waals surface area contributed by atoms with E-state index in [4.69, 9.17) is 0 Å². The van der Waals surface area contributed by atoms with E-state index in [1.165, 1.54) is 96.6 Å². The van der Waals surface area contributed by atoms with Crippen LogP contribution in [0.15, 0.2) is 224 Å². The highest BCUT2D eigenvalue weighted by Crippen LogP contribution is 2.44. The zero-order valence-electron chi connectivity index (χ0n) is 32.7. The Labute approximate surface area is 352 Å². The first-order valence-corrected chi connectivity index (χ1v) is 21.4. The van der Waals surface area contributed by atoms with Crippen LogP contribution in [0.1, 0.15) is 0 Å². The molecule has 0 N–H and O–H groups in total. The van der Waals surface area contributed by atoms with E-state index in [2.05, 4.69) is 229 Å². The molecule has 2 heteroatoms. The second-order valence-corrected chi connectivity index (χ2v) is 16.7. The minimum atomic E-state index is 1.10. The van der Waals surface area contributed by atoms with E-state index in [0.717, 1.165) is 17.1 Å². The van der Waals surface area contributed by atoms with Crippen molar-refractivity contribution < 1.29 is 0 Å². The SMILES string of the molecule is c1cc(-c2ccc(N(c3ccc(-c4cccc5sc6ccccc6c45)cc3)c3ccc4c5ccccc5c5ccccc5c4c3)cc2)cc(-c2cccc3ccccc23)c1. The van der Waals surface area contributed by atoms with Crippen LogP contribution in [-0.4, -0.2) is 0 Å². The molecule has 0 spiro atoms. The van der Waals surface area contributed by atoms with E-state index in [-0.39, 0.29) is 0 Å². The van der Waals surface area contributed by atoms with E-state index < -0.39 is 0 Å². The van der Waals surface area contributed by atoms with Crippen molar-refractivity contribution in [1.29, 1.82) is 0 Å². The average molecular weight is 780 g/mol. The van der Waals surface area contributed by atoms with Gasteiger partial charge in [-0.3, -0.25) is 0 Å². The van der Waals surface area contributed by atoms with Gasteiger partial charge in [0.2, 0.25) is 0 Å². The third-order valence-electron chi connectivity index (χ3n) is 12.2. The summed E-state index contributed by atoms with van der Waals surface area (Å²) in [5, 5.41) is 12.8. The summed E-state index contributed by atoms with van der Waals surface area (Å²) in [6.45, 7) is 0. The molecule has 60 heavy (non-hydrogen) atoms. The second-order valence-electron chi connectivity index (χ2n) is 15.6. The third kappa shape index (κ3) is 5.68. The highest BCUT2D eigenvalue weighted by Gasteiger charge is 2.18. The van der Waals surface area contributed by atoms with Gasteiger partial charge in [0.1, 0.15) is 0 Å². The maximum Gasteiger partial charge on any atom is 0.0468 e. The third-order valence-corrected chi connectivity index (χ3v) is 13.4. The molecule has 0 saturated heterocycles. The number of hydrogen-bond donors (Lipinski definition) is 0. The number of rotatable bonds is 6. The Bertz CT molecular complexity index is 3560. The normalized spacial score (nSPS) is 11.7. The fraction of sp³-hybridized carbons (Fsp3) is 0. The van der Waals surface area contributed by atoms with Crippen molar-refractivity contribution in [3.63, 3.8) is 0 Å². The van der Waals surface area contributed by atoms with Crippen molar-refractivity contribution in [2.45, 2.75) is 0 Å². The van der Waals surface area contributed by atoms with Crippen LogP contribution in [-0.2, 0) is 0 Å². The zero-order chi connectivity index (χ0) is 39.6. The summed E-state index contributed by atoms with van der Waals surface area (Å²) in [4.78, 5) is 2.41. The minimum Gasteiger partial charge on any atom is -0.310 e. The molecule has 1 heterocycles. The highest BCUT2D eigenvalue weighted by atomic mass is 32.1. The van der Waals surface area contributed by atoms with Crippen LogP contribution >= 0.6 is 11.3 Å². The fourth-order valence-electron chi connectivity index (χ4n) is 9.43. The van der Waals surface area contributed by atoms with Gasteiger partial charge in [-0.05, 0) is 131 Å². The summed E-state index contributed by atoms with van der Waals surface area (Å²) >= 11 is 1.87. The minimum absolute atomic E-state index is 1.10. The Hall–Kier alpha value is -7.52. The van der Waals surface area contributed by atoms with E-state index in [0.29, 0.717) is 0 Å². The van der Waals surface area contributed by atoms with E-state index in [1.54, 1.807) is 0 Å². The van der Waals surface area contributed by atoms with Crippen LogP contribution < -0.4 is 4.90 Å². The van der Waals surface area contributed by atoms with Crippen LogP contribution in [0.2, 0.25) is 0 Å². The molecule has 12 aromatic rings. The standard InChI is InChI=1S/C58H37NS/c1-2-16-46-39(12-1)13-10-22-47(46)42-15-9-14-41(36-42)38-26-30-43(31-27-38)59(45-34-35-53-51-19-4-3-17-49(51)50-18-5-6-20-52(50)55(53)37-45)44-32-28-40(29-33-44)48-23-11-25-57-58(48)54-21-7-8-24-56(54)60-57/h1-37H. The number of thiophene rings is 1. The molecule has 0 radical (unpaired) electrons. The van der Waals surface area contributed by atoms with Gasteiger partial charge in [0.25, 0.3) is 0 Å². The summed E-state index contributed by atoms with van der Waals surface area (Å²) < 4.78 is 2.64. The second kappa shape index (κ2) is 14.1. The molecular weight excluding hydrogens is 743 g/mol. The summed E-state index contributed by atoms with van der Waals surface area (Å²) in [5.41, 5.74) is 10.7. The first-order chi connectivity index (χ1) is 29.7. The molecule has 0 aliphatic heterocycles. The Morgan fingerprint density at radius 2 is 0.767 bits per heavy atom. The fourth-order valence-corrected chi connectivity index (χ4v) is 10.6. The van der Waals surface area contributed by atoms with E-state index >= 15 is 0 Å². The molecule has 12 rings (SSSR count). The van der Waals surface area contributed by atoms with Crippen LogP contribution in [0.25, 0.3) is 96.6 Å². The van der Waals surface area contributed by atoms with E-state index in [1.807, 2.05) is 11.3 Å². The Balaban J connectivity index is 0.992. The number of hydrogen-bond acceptors (Lipinski definition) is 2. The van der Waals surface area contributed by atoms with Crippen molar-refractivity contribution >= 4 is 91.7 Å². The Morgan fingerprint density at radius 3 is 1.50 bits per heavy atom. The molecule has 1 aromatic heterocycles. The van der Waals surface area contributed by atoms with Gasteiger partial charge in [-0.2, -0.15) is 0 Å². The first kappa shape index (κ1) is 34.5. The largest absolute Gasteiger partial charge is 0.310 e. The van der Waals surface area contributed by atoms with Crippen LogP contribution in [0, 0.1) is 0 Å². The van der Waals surface area contributed by atoms with Gasteiger partial charge in [0.05, 0.1) is 0 Å². The summed E-state index contributed by atoms with van der Waals surface area (Å²) in [6.07, 6.45) is 0. The first-order valence-electron chi connectivity index (χ1n) is 20.6. The van der Waals surface area contributed by atoms with Gasteiger partial charge in [0.15, 0.2) is 0 Å². The lowest BCUT2D eigenvalue weighted by Gasteiger charge is -2.27. The molecule has 280 valence electrons. The average Bonchev–Trinajstić information content (AvgIpc) is 3.71. The van der Waals surface area contributed by atoms with Crippen molar-refractivity contribution in [2.75, 3.05) is 4.90 Å². The lowest BCUT2D eigenvalue weighted by molar-refractivity contribution is 1.29. The van der Waals surface area contributed by atoms with Gasteiger partial charge >= 0.3 is 0 Å². The quantitative estimate of drug-likeness (QED) is 0.152. The predicted octanol–water partition coefficient (Wildman–Crippen LogP) is 17.1. The van der Waals surface area contributed by atoms with Gasteiger partial charge in [0, 0.05) is 37.2 Å². The van der Waals surface area contributed by atoms with Crippen LogP contribution in [0.3, 0.4) is 0 Å². The molecule has 0 bridgehead atoms. The predicted molar refractivity (Wildman–Crippen MR) is 260 cm³/mol. The number of fused-ring (bicyclic) bond motifs is 10. The summed E-state index contributed by atoms with van der Waals surface area (Å²) in [6, 6.07) is 82.5. The molecule has 1 nitrogen and oxygen atoms in total. The molecule has 0 unspecified atom stereocenters. The molecule has 0 fully saturated rings. The topological polar surface area (TPSA) is 3.24 Å². The molecule has 0 aliphatic rings. The van der Waals surface area contributed by atoms with Crippen molar-refractivity contribution in [1.82, 2.24) is 0 Å². The van der Waals surface area contributed by atoms with Gasteiger partial charge in [-0.15, -0.1) is 11.3 Å². The molecular formula is C58H37NS. The van der Waals surface area contributed by atoms with Gasteiger partial charge in [-0.25, -0.2) is 0 Å². The molecule has 0 atom stereocenters. The monoisotopic (exact) mass is 779 g/mol. The summed E-state index contributed by atoms with van der Waals surface area (Å²) in [7, 11) is 0. The van der Waals surface area contributed by atoms with Crippen LogP contribution in [0.4, 0.5) is 17.1 Å². The molecule has 11 aromatic carbocycles. The molecule has 0 aliphatic carbocycles. The van der Waals surface area contributed by atoms with E-state index in [9.17, 15) is 0 Å². The maximum atomic E-state index is 2.41. The smallest absolute Gasteiger partial charge is 0.0468 e. The lowest BCUT2D eigenvalue weighted by Crippen LogP contribution is -2.10. The zero-order valence-corrected chi connectivity index (χ0v) is 33.5. The number of anilines is 3. The molecule has 0 amide bonds. The number of benzene rings is 11. The summed E-state index contributed by atoms with van der Waals surface area (Å²) in [5.74, 6) is 0. The maximum absolute atomic E-state index is 2.41. The van der Waals surface area contributed by atoms with Crippen LogP contribution in [0.5, 0.6) is 0 Å². The highest BCUT2D eigenvalue weighted by molar-refractivity contribution is 7.25.